The summed E-state index contributed by atoms with van der Waals surface area (Å²) in [6, 6.07) is 6.37. The number of hydrogen-bond acceptors (Lipinski definition) is 6. The lowest BCUT2D eigenvalue weighted by Crippen LogP contribution is -2.36. The molecule has 0 atom stereocenters. The Morgan fingerprint density at radius 3 is 2.41 bits per heavy atom. The molecule has 0 saturated carbocycles. The van der Waals surface area contributed by atoms with E-state index in [-0.39, 0.29) is 11.7 Å². The van der Waals surface area contributed by atoms with Crippen LogP contribution in [0.1, 0.15) is 44.5 Å². The van der Waals surface area contributed by atoms with Crippen molar-refractivity contribution in [1.82, 2.24) is 14.3 Å². The molecule has 0 spiro atoms. The van der Waals surface area contributed by atoms with E-state index in [0.717, 1.165) is 36.6 Å². The summed E-state index contributed by atoms with van der Waals surface area (Å²) in [5, 5.41) is 0.782. The number of methoxy groups -OCH3 is 1. The molecule has 160 valence electrons. The number of ether oxygens (including phenoxy) is 1. The van der Waals surface area contributed by atoms with Gasteiger partial charge >= 0.3 is 0 Å². The van der Waals surface area contributed by atoms with Gasteiger partial charge in [0.05, 0.1) is 6.61 Å². The maximum Gasteiger partial charge on any atom is 0.224 e. The molecule has 0 aliphatic rings. The molecule has 1 amide bonds. The zero-order chi connectivity index (χ0) is 21.1. The van der Waals surface area contributed by atoms with E-state index in [4.69, 9.17) is 4.74 Å². The van der Waals surface area contributed by atoms with Crippen LogP contribution in [0.15, 0.2) is 24.3 Å². The number of benzene rings is 1. The molecule has 1 aromatic heterocycles. The Kier molecular flexibility index (Phi) is 10.0. The van der Waals surface area contributed by atoms with Gasteiger partial charge in [-0.2, -0.15) is 4.37 Å². The van der Waals surface area contributed by atoms with Crippen molar-refractivity contribution >= 4 is 22.6 Å². The second-order valence-corrected chi connectivity index (χ2v) is 7.64. The highest BCUT2D eigenvalue weighted by molar-refractivity contribution is 7.09. The van der Waals surface area contributed by atoms with Gasteiger partial charge in [0.15, 0.2) is 0 Å². The molecule has 0 aliphatic carbocycles. The molecule has 2 rings (SSSR count). The predicted octanol–water partition coefficient (Wildman–Crippen LogP) is 3.76. The van der Waals surface area contributed by atoms with Gasteiger partial charge in [0.25, 0.3) is 0 Å². The summed E-state index contributed by atoms with van der Waals surface area (Å²) in [6.45, 7) is 7.55. The SMILES string of the molecule is CCCN(CCC)C(=O)CCN(CCOC)c1nc(Cc2ccc(F)cc2)ns1. The first-order chi connectivity index (χ1) is 14.1. The molecule has 0 unspecified atom stereocenters. The summed E-state index contributed by atoms with van der Waals surface area (Å²) in [5.41, 5.74) is 0.962. The number of halogens is 1. The van der Waals surface area contributed by atoms with Gasteiger partial charge in [-0.3, -0.25) is 4.79 Å². The van der Waals surface area contributed by atoms with Crippen molar-refractivity contribution in [2.24, 2.45) is 0 Å². The molecule has 0 N–H and O–H groups in total. The van der Waals surface area contributed by atoms with Crippen LogP contribution in [0.2, 0.25) is 0 Å². The fourth-order valence-corrected chi connectivity index (χ4v) is 3.76. The minimum Gasteiger partial charge on any atom is -0.383 e. The van der Waals surface area contributed by atoms with Crippen LogP contribution in [-0.4, -0.2) is 60.1 Å². The van der Waals surface area contributed by atoms with Crippen LogP contribution >= 0.6 is 11.5 Å². The summed E-state index contributed by atoms with van der Waals surface area (Å²) in [5.74, 6) is 0.618. The van der Waals surface area contributed by atoms with Gasteiger partial charge in [-0.1, -0.05) is 26.0 Å². The highest BCUT2D eigenvalue weighted by atomic mass is 32.1. The fraction of sp³-hybridized carbons (Fsp3) is 0.571. The highest BCUT2D eigenvalue weighted by Crippen LogP contribution is 2.20. The van der Waals surface area contributed by atoms with Crippen molar-refractivity contribution < 1.29 is 13.9 Å². The second-order valence-electron chi connectivity index (χ2n) is 6.91. The van der Waals surface area contributed by atoms with E-state index >= 15 is 0 Å². The Morgan fingerprint density at radius 1 is 1.10 bits per heavy atom. The summed E-state index contributed by atoms with van der Waals surface area (Å²) in [4.78, 5) is 21.2. The molecule has 0 aliphatic heterocycles. The van der Waals surface area contributed by atoms with Crippen molar-refractivity contribution in [2.75, 3.05) is 44.8 Å². The van der Waals surface area contributed by atoms with E-state index in [9.17, 15) is 9.18 Å². The zero-order valence-electron chi connectivity index (χ0n) is 17.6. The number of hydrogen-bond donors (Lipinski definition) is 0. The maximum absolute atomic E-state index is 13.1. The van der Waals surface area contributed by atoms with Gasteiger partial charge in [-0.05, 0) is 30.5 Å². The number of nitrogens with zero attached hydrogens (tertiary/aromatic N) is 4. The van der Waals surface area contributed by atoms with Crippen molar-refractivity contribution in [3.05, 3.63) is 41.5 Å². The van der Waals surface area contributed by atoms with Crippen molar-refractivity contribution in [1.29, 1.82) is 0 Å². The van der Waals surface area contributed by atoms with Crippen LogP contribution in [0.4, 0.5) is 9.52 Å². The quantitative estimate of drug-likeness (QED) is 0.492. The van der Waals surface area contributed by atoms with Crippen LogP contribution in [-0.2, 0) is 16.0 Å². The first-order valence-electron chi connectivity index (χ1n) is 10.2. The molecule has 1 aromatic carbocycles. The third kappa shape index (κ3) is 7.70. The number of carbonyl (C=O) groups excluding carboxylic acids is 1. The topological polar surface area (TPSA) is 58.6 Å². The lowest BCUT2D eigenvalue weighted by atomic mass is 10.1. The number of amides is 1. The number of carbonyl (C=O) groups is 1. The lowest BCUT2D eigenvalue weighted by Gasteiger charge is -2.25. The van der Waals surface area contributed by atoms with Crippen molar-refractivity contribution in [3.63, 3.8) is 0 Å². The zero-order valence-corrected chi connectivity index (χ0v) is 18.4. The Balaban J connectivity index is 2.00. The maximum atomic E-state index is 13.1. The van der Waals surface area contributed by atoms with E-state index < -0.39 is 0 Å². The Hall–Kier alpha value is -2.06. The van der Waals surface area contributed by atoms with Gasteiger partial charge < -0.3 is 14.5 Å². The first-order valence-corrected chi connectivity index (χ1v) is 10.9. The minimum absolute atomic E-state index is 0.173. The minimum atomic E-state index is -0.253. The molecule has 1 heterocycles. The molecule has 0 radical (unpaired) electrons. The lowest BCUT2D eigenvalue weighted by molar-refractivity contribution is -0.131. The summed E-state index contributed by atoms with van der Waals surface area (Å²) in [7, 11) is 1.66. The van der Waals surface area contributed by atoms with Crippen LogP contribution in [0.5, 0.6) is 0 Å². The Bertz CT molecular complexity index is 733. The number of rotatable bonds is 13. The predicted molar refractivity (Wildman–Crippen MR) is 115 cm³/mol. The fourth-order valence-electron chi connectivity index (χ4n) is 3.02. The number of aromatic nitrogens is 2. The summed E-state index contributed by atoms with van der Waals surface area (Å²) >= 11 is 1.32. The van der Waals surface area contributed by atoms with Crippen LogP contribution < -0.4 is 4.90 Å². The third-order valence-corrected chi connectivity index (χ3v) is 5.32. The molecule has 0 fully saturated rings. The van der Waals surface area contributed by atoms with Crippen LogP contribution in [0.25, 0.3) is 0 Å². The smallest absolute Gasteiger partial charge is 0.224 e. The van der Waals surface area contributed by atoms with Gasteiger partial charge in [0.1, 0.15) is 11.6 Å². The van der Waals surface area contributed by atoms with Crippen molar-refractivity contribution in [3.8, 4) is 0 Å². The van der Waals surface area contributed by atoms with E-state index in [1.54, 1.807) is 19.2 Å². The average Bonchev–Trinajstić information content (AvgIpc) is 3.17. The molecule has 0 bridgehead atoms. The first kappa shape index (κ1) is 23.2. The third-order valence-electron chi connectivity index (χ3n) is 4.50. The van der Waals surface area contributed by atoms with Crippen LogP contribution in [0, 0.1) is 5.82 Å². The normalized spacial score (nSPS) is 10.9. The molecule has 29 heavy (non-hydrogen) atoms. The molecule has 0 saturated heterocycles. The van der Waals surface area contributed by atoms with E-state index in [0.29, 0.717) is 38.4 Å². The molecule has 8 heteroatoms. The summed E-state index contributed by atoms with van der Waals surface area (Å²) < 4.78 is 22.7. The van der Waals surface area contributed by atoms with Crippen LogP contribution in [0.3, 0.4) is 0 Å². The molecular weight excluding hydrogens is 391 g/mol. The van der Waals surface area contributed by atoms with E-state index in [2.05, 4.69) is 28.1 Å². The summed E-state index contributed by atoms with van der Waals surface area (Å²) in [6.07, 6.45) is 2.91. The van der Waals surface area contributed by atoms with Gasteiger partial charge in [0.2, 0.25) is 11.0 Å². The van der Waals surface area contributed by atoms with Crippen molar-refractivity contribution in [2.45, 2.75) is 39.5 Å². The second kappa shape index (κ2) is 12.5. The molecule has 6 nitrogen and oxygen atoms in total. The van der Waals surface area contributed by atoms with Gasteiger partial charge in [0, 0.05) is 57.7 Å². The average molecular weight is 423 g/mol. The monoisotopic (exact) mass is 422 g/mol. The molecule has 2 aromatic rings. The van der Waals surface area contributed by atoms with E-state index in [1.807, 2.05) is 4.90 Å². The van der Waals surface area contributed by atoms with E-state index in [1.165, 1.54) is 23.7 Å². The Labute approximate surface area is 176 Å². The van der Waals surface area contributed by atoms with Gasteiger partial charge in [-0.25, -0.2) is 9.37 Å². The van der Waals surface area contributed by atoms with Gasteiger partial charge in [-0.15, -0.1) is 0 Å². The Morgan fingerprint density at radius 2 is 1.79 bits per heavy atom. The largest absolute Gasteiger partial charge is 0.383 e. The number of anilines is 1. The highest BCUT2D eigenvalue weighted by Gasteiger charge is 2.17. The molecular formula is C21H31FN4O2S. The standard InChI is InChI=1S/C21H31FN4O2S/c1-4-11-25(12-5-2)20(27)10-13-26(14-15-28-3)21-23-19(24-29-21)16-17-6-8-18(22)9-7-17/h6-9H,4-5,10-16H2,1-3H3.